The number of hydrogen-bond acceptors (Lipinski definition) is 11. The smallest absolute Gasteiger partial charge is 0.480 e. The molecule has 0 aliphatic rings. The van der Waals surface area contributed by atoms with Gasteiger partial charge in [0.15, 0.2) is 11.5 Å². The molecule has 12 nitrogen and oxygen atoms in total. The van der Waals surface area contributed by atoms with Gasteiger partial charge in [0, 0.05) is 5.92 Å². The van der Waals surface area contributed by atoms with E-state index in [0.717, 1.165) is 12.8 Å². The standard InChI is InChI=1S/C28H43NO11/c1-7-12-35-26(32)38-16-19(6)23(24(29)25(30)31)20-10-11-21(39-27(33)36-14-17(4)8-2)22(13-20)40-28(34)37-15-18(5)9-3/h10-11,13,17-19,23-24H,7-9,12,14-16,29H2,1-6H3,(H,30,31)/t17?,18?,19?,23?,24-/m0/s1. The maximum atomic E-state index is 12.4. The third-order valence-corrected chi connectivity index (χ3v) is 6.28. The van der Waals surface area contributed by atoms with Gasteiger partial charge < -0.3 is 39.3 Å². The first-order valence-corrected chi connectivity index (χ1v) is 13.5. The van der Waals surface area contributed by atoms with Gasteiger partial charge in [-0.3, -0.25) is 4.79 Å². The van der Waals surface area contributed by atoms with Crippen LogP contribution in [0.4, 0.5) is 14.4 Å². The molecule has 226 valence electrons. The van der Waals surface area contributed by atoms with Crippen molar-refractivity contribution in [2.45, 2.75) is 72.8 Å². The van der Waals surface area contributed by atoms with Crippen LogP contribution in [-0.4, -0.2) is 62.0 Å². The maximum absolute atomic E-state index is 12.4. The number of carbonyl (C=O) groups is 4. The molecule has 0 bridgehead atoms. The summed E-state index contributed by atoms with van der Waals surface area (Å²) >= 11 is 0. The van der Waals surface area contributed by atoms with Crippen LogP contribution in [0.2, 0.25) is 0 Å². The van der Waals surface area contributed by atoms with E-state index in [1.807, 2.05) is 34.6 Å². The number of benzene rings is 1. The molecular formula is C28H43NO11. The molecule has 4 unspecified atom stereocenters. The summed E-state index contributed by atoms with van der Waals surface area (Å²) in [6.07, 6.45) is -0.744. The van der Waals surface area contributed by atoms with Crippen LogP contribution >= 0.6 is 0 Å². The summed E-state index contributed by atoms with van der Waals surface area (Å²) in [6, 6.07) is 2.74. The lowest BCUT2D eigenvalue weighted by molar-refractivity contribution is -0.139. The normalized spacial score (nSPS) is 14.6. The molecule has 0 aromatic heterocycles. The molecule has 0 radical (unpaired) electrons. The second-order valence-electron chi connectivity index (χ2n) is 9.84. The predicted octanol–water partition coefficient (Wildman–Crippen LogP) is 5.50. The number of carboxylic acid groups (broad SMARTS) is 1. The zero-order chi connectivity index (χ0) is 30.2. The average molecular weight is 570 g/mol. The van der Waals surface area contributed by atoms with Gasteiger partial charge in [-0.15, -0.1) is 0 Å². The van der Waals surface area contributed by atoms with Crippen molar-refractivity contribution >= 4 is 24.4 Å². The third-order valence-electron chi connectivity index (χ3n) is 6.28. The topological polar surface area (TPSA) is 170 Å². The minimum Gasteiger partial charge on any atom is -0.480 e. The Morgan fingerprint density at radius 2 is 1.30 bits per heavy atom. The van der Waals surface area contributed by atoms with Crippen molar-refractivity contribution in [2.75, 3.05) is 26.4 Å². The summed E-state index contributed by atoms with van der Waals surface area (Å²) in [5.41, 5.74) is 6.35. The van der Waals surface area contributed by atoms with Gasteiger partial charge in [0.1, 0.15) is 6.04 Å². The van der Waals surface area contributed by atoms with Crippen molar-refractivity contribution in [3.63, 3.8) is 0 Å². The fourth-order valence-electron chi connectivity index (χ4n) is 3.36. The average Bonchev–Trinajstić information content (AvgIpc) is 2.93. The number of aliphatic carboxylic acids is 1. The molecule has 0 saturated carbocycles. The number of carboxylic acids is 1. The van der Waals surface area contributed by atoms with E-state index in [2.05, 4.69) is 0 Å². The Hall–Kier alpha value is -3.54. The Kier molecular flexibility index (Phi) is 15.5. The Morgan fingerprint density at radius 1 is 0.775 bits per heavy atom. The monoisotopic (exact) mass is 569 g/mol. The number of rotatable bonds is 16. The van der Waals surface area contributed by atoms with Gasteiger partial charge in [0.2, 0.25) is 0 Å². The van der Waals surface area contributed by atoms with Gasteiger partial charge >= 0.3 is 24.4 Å². The van der Waals surface area contributed by atoms with E-state index in [9.17, 15) is 24.3 Å². The van der Waals surface area contributed by atoms with Gasteiger partial charge in [-0.25, -0.2) is 14.4 Å². The van der Waals surface area contributed by atoms with Crippen molar-refractivity contribution < 1.29 is 52.7 Å². The van der Waals surface area contributed by atoms with Gasteiger partial charge in [0.25, 0.3) is 0 Å². The molecule has 1 aromatic carbocycles. The lowest BCUT2D eigenvalue weighted by Gasteiger charge is -2.27. The zero-order valence-electron chi connectivity index (χ0n) is 24.2. The van der Waals surface area contributed by atoms with Crippen molar-refractivity contribution in [1.29, 1.82) is 0 Å². The minimum atomic E-state index is -1.41. The molecule has 0 spiro atoms. The number of ether oxygens (including phenoxy) is 6. The van der Waals surface area contributed by atoms with E-state index < -0.39 is 42.3 Å². The molecule has 5 atom stereocenters. The van der Waals surface area contributed by atoms with Crippen LogP contribution in [0.25, 0.3) is 0 Å². The minimum absolute atomic E-state index is 0.0907. The number of carbonyl (C=O) groups excluding carboxylic acids is 3. The van der Waals surface area contributed by atoms with Crippen LogP contribution in [0, 0.1) is 17.8 Å². The summed E-state index contributed by atoms with van der Waals surface area (Å²) < 4.78 is 31.0. The quantitative estimate of drug-likeness (QED) is 0.146. The van der Waals surface area contributed by atoms with Crippen molar-refractivity contribution in [2.24, 2.45) is 23.5 Å². The highest BCUT2D eigenvalue weighted by atomic mass is 16.7. The van der Waals surface area contributed by atoms with Crippen LogP contribution in [0.15, 0.2) is 18.2 Å². The fourth-order valence-corrected chi connectivity index (χ4v) is 3.36. The van der Waals surface area contributed by atoms with E-state index >= 15 is 0 Å². The Labute approximate surface area is 235 Å². The van der Waals surface area contributed by atoms with Crippen LogP contribution in [0.1, 0.15) is 72.3 Å². The van der Waals surface area contributed by atoms with Crippen molar-refractivity contribution in [3.05, 3.63) is 23.8 Å². The Bertz CT molecular complexity index is 968. The molecule has 0 heterocycles. The van der Waals surface area contributed by atoms with Crippen molar-refractivity contribution in [3.8, 4) is 11.5 Å². The molecule has 0 aliphatic heterocycles. The number of hydrogen-bond donors (Lipinski definition) is 2. The Balaban J connectivity index is 3.29. The van der Waals surface area contributed by atoms with Crippen LogP contribution in [-0.2, 0) is 23.7 Å². The zero-order valence-corrected chi connectivity index (χ0v) is 24.2. The fraction of sp³-hybridized carbons (Fsp3) is 0.643. The second-order valence-corrected chi connectivity index (χ2v) is 9.84. The summed E-state index contributed by atoms with van der Waals surface area (Å²) in [6.45, 7) is 11.4. The predicted molar refractivity (Wildman–Crippen MR) is 144 cm³/mol. The largest absolute Gasteiger partial charge is 0.513 e. The highest BCUT2D eigenvalue weighted by Crippen LogP contribution is 2.36. The number of nitrogens with two attached hydrogens (primary N) is 1. The molecule has 0 fully saturated rings. The SMILES string of the molecule is CCCOC(=O)OCC(C)C(c1ccc(OC(=O)OCC(C)CC)c(OC(=O)OCC(C)CC)c1)[C@H](N)C(=O)O. The highest BCUT2D eigenvalue weighted by Gasteiger charge is 2.33. The van der Waals surface area contributed by atoms with Gasteiger partial charge in [-0.05, 0) is 41.9 Å². The van der Waals surface area contributed by atoms with Gasteiger partial charge in [-0.2, -0.15) is 0 Å². The van der Waals surface area contributed by atoms with E-state index in [1.54, 1.807) is 6.92 Å². The van der Waals surface area contributed by atoms with Crippen LogP contribution in [0.3, 0.4) is 0 Å². The van der Waals surface area contributed by atoms with Gasteiger partial charge in [-0.1, -0.05) is 60.5 Å². The van der Waals surface area contributed by atoms with Crippen LogP contribution < -0.4 is 15.2 Å². The molecule has 0 aliphatic carbocycles. The molecule has 1 rings (SSSR count). The maximum Gasteiger partial charge on any atom is 0.513 e. The highest BCUT2D eigenvalue weighted by molar-refractivity contribution is 5.75. The van der Waals surface area contributed by atoms with Gasteiger partial charge in [0.05, 0.1) is 26.4 Å². The van der Waals surface area contributed by atoms with Crippen molar-refractivity contribution in [1.82, 2.24) is 0 Å². The van der Waals surface area contributed by atoms with Crippen LogP contribution in [0.5, 0.6) is 11.5 Å². The van der Waals surface area contributed by atoms with E-state index in [4.69, 9.17) is 34.2 Å². The molecular weight excluding hydrogens is 526 g/mol. The van der Waals surface area contributed by atoms with E-state index in [-0.39, 0.29) is 49.8 Å². The molecule has 3 N–H and O–H groups in total. The summed E-state index contributed by atoms with van der Waals surface area (Å²) in [4.78, 5) is 48.4. The van der Waals surface area contributed by atoms with E-state index in [0.29, 0.717) is 12.0 Å². The molecule has 0 saturated heterocycles. The van der Waals surface area contributed by atoms with E-state index in [1.165, 1.54) is 18.2 Å². The molecule has 12 heteroatoms. The second kappa shape index (κ2) is 17.9. The molecule has 1 aromatic rings. The lowest BCUT2D eigenvalue weighted by Crippen LogP contribution is -2.40. The first-order valence-electron chi connectivity index (χ1n) is 13.5. The summed E-state index contributed by atoms with van der Waals surface area (Å²) in [5, 5.41) is 9.67. The first-order chi connectivity index (χ1) is 18.9. The summed E-state index contributed by atoms with van der Waals surface area (Å²) in [7, 11) is 0. The third kappa shape index (κ3) is 12.1. The lowest BCUT2D eigenvalue weighted by atomic mass is 9.82. The molecule has 40 heavy (non-hydrogen) atoms. The Morgan fingerprint density at radius 3 is 1.80 bits per heavy atom. The summed E-state index contributed by atoms with van der Waals surface area (Å²) in [5.74, 6) is -2.94. The molecule has 0 amide bonds. The first kappa shape index (κ1) is 34.5.